The van der Waals surface area contributed by atoms with E-state index in [0.717, 1.165) is 5.56 Å². The molecule has 0 saturated heterocycles. The molecule has 0 aliphatic heterocycles. The molecule has 15 heavy (non-hydrogen) atoms. The second-order valence-corrected chi connectivity index (χ2v) is 5.07. The van der Waals surface area contributed by atoms with Gasteiger partial charge in [-0.25, -0.2) is 0 Å². The second kappa shape index (κ2) is 3.95. The molecule has 2 nitrogen and oxygen atoms in total. The van der Waals surface area contributed by atoms with Gasteiger partial charge in [0.15, 0.2) is 0 Å². The Kier molecular flexibility index (Phi) is 2.95. The molecule has 1 fully saturated rings. The molecule has 0 aromatic heterocycles. The van der Waals surface area contributed by atoms with Crippen LogP contribution in [0.4, 0.5) is 0 Å². The highest BCUT2D eigenvalue weighted by molar-refractivity contribution is 6.42. The zero-order valence-corrected chi connectivity index (χ0v) is 9.72. The molecule has 4 heteroatoms. The third-order valence-corrected chi connectivity index (χ3v) is 3.69. The summed E-state index contributed by atoms with van der Waals surface area (Å²) in [7, 11) is 0. The summed E-state index contributed by atoms with van der Waals surface area (Å²) < 4.78 is 0. The molecule has 0 radical (unpaired) electrons. The lowest BCUT2D eigenvalue weighted by atomic mass is 9.73. The van der Waals surface area contributed by atoms with E-state index in [0.29, 0.717) is 29.3 Å². The average molecular weight is 246 g/mol. The molecule has 82 valence electrons. The third-order valence-electron chi connectivity index (χ3n) is 2.84. The van der Waals surface area contributed by atoms with Crippen LogP contribution in [0.25, 0.3) is 0 Å². The SMILES string of the molecule is NC1CC(O)(Cc2cccc(Cl)c2Cl)C1. The van der Waals surface area contributed by atoms with Gasteiger partial charge in [-0.2, -0.15) is 0 Å². The van der Waals surface area contributed by atoms with Crippen LogP contribution >= 0.6 is 23.2 Å². The Hall–Kier alpha value is -0.280. The molecular formula is C11H13Cl2NO. The highest BCUT2D eigenvalue weighted by atomic mass is 35.5. The Morgan fingerprint density at radius 2 is 2.07 bits per heavy atom. The minimum Gasteiger partial charge on any atom is -0.389 e. The van der Waals surface area contributed by atoms with Gasteiger partial charge in [-0.15, -0.1) is 0 Å². The summed E-state index contributed by atoms with van der Waals surface area (Å²) in [5.41, 5.74) is 5.86. The molecule has 0 spiro atoms. The van der Waals surface area contributed by atoms with Gasteiger partial charge in [0.1, 0.15) is 0 Å². The first-order valence-corrected chi connectivity index (χ1v) is 5.67. The zero-order valence-electron chi connectivity index (χ0n) is 8.21. The summed E-state index contributed by atoms with van der Waals surface area (Å²) in [6.07, 6.45) is 1.80. The van der Waals surface area contributed by atoms with Gasteiger partial charge < -0.3 is 10.8 Å². The molecule has 0 atom stereocenters. The van der Waals surface area contributed by atoms with E-state index in [1.807, 2.05) is 12.1 Å². The third kappa shape index (κ3) is 2.28. The van der Waals surface area contributed by atoms with Crippen LogP contribution in [-0.2, 0) is 6.42 Å². The minimum atomic E-state index is -0.687. The average Bonchev–Trinajstić information content (AvgIpc) is 2.11. The highest BCUT2D eigenvalue weighted by Crippen LogP contribution is 2.37. The fourth-order valence-electron chi connectivity index (χ4n) is 2.10. The lowest BCUT2D eigenvalue weighted by Crippen LogP contribution is -2.52. The van der Waals surface area contributed by atoms with Crippen LogP contribution in [0, 0.1) is 0 Å². The van der Waals surface area contributed by atoms with E-state index in [9.17, 15) is 5.11 Å². The van der Waals surface area contributed by atoms with Crippen LogP contribution in [-0.4, -0.2) is 16.7 Å². The van der Waals surface area contributed by atoms with Crippen molar-refractivity contribution in [2.24, 2.45) is 5.73 Å². The van der Waals surface area contributed by atoms with Gasteiger partial charge in [0.25, 0.3) is 0 Å². The maximum Gasteiger partial charge on any atom is 0.0718 e. The number of hydrogen-bond acceptors (Lipinski definition) is 2. The molecule has 0 amide bonds. The van der Waals surface area contributed by atoms with Crippen molar-refractivity contribution >= 4 is 23.2 Å². The largest absolute Gasteiger partial charge is 0.389 e. The lowest BCUT2D eigenvalue weighted by Gasteiger charge is -2.42. The van der Waals surface area contributed by atoms with E-state index < -0.39 is 5.60 Å². The van der Waals surface area contributed by atoms with Gasteiger partial charge in [0.2, 0.25) is 0 Å². The normalized spacial score (nSPS) is 30.0. The van der Waals surface area contributed by atoms with Crippen molar-refractivity contribution in [2.75, 3.05) is 0 Å². The fourth-order valence-corrected chi connectivity index (χ4v) is 2.49. The molecule has 0 heterocycles. The number of halogens is 2. The minimum absolute atomic E-state index is 0.118. The van der Waals surface area contributed by atoms with Crippen molar-refractivity contribution in [2.45, 2.75) is 30.9 Å². The highest BCUT2D eigenvalue weighted by Gasteiger charge is 2.40. The Morgan fingerprint density at radius 1 is 1.40 bits per heavy atom. The summed E-state index contributed by atoms with van der Waals surface area (Å²) in [5.74, 6) is 0. The van der Waals surface area contributed by atoms with Crippen LogP contribution < -0.4 is 5.73 Å². The predicted molar refractivity (Wildman–Crippen MR) is 62.3 cm³/mol. The Bertz CT molecular complexity index is 375. The fraction of sp³-hybridized carbons (Fsp3) is 0.455. The van der Waals surface area contributed by atoms with E-state index in [4.69, 9.17) is 28.9 Å². The number of nitrogens with two attached hydrogens (primary N) is 1. The molecule has 2 rings (SSSR count). The molecule has 1 aliphatic carbocycles. The van der Waals surface area contributed by atoms with E-state index >= 15 is 0 Å². The number of aliphatic hydroxyl groups is 1. The van der Waals surface area contributed by atoms with Crippen molar-refractivity contribution in [3.05, 3.63) is 33.8 Å². The number of benzene rings is 1. The maximum atomic E-state index is 10.1. The maximum absolute atomic E-state index is 10.1. The Morgan fingerprint density at radius 3 is 2.67 bits per heavy atom. The molecule has 1 aliphatic rings. The van der Waals surface area contributed by atoms with E-state index in [-0.39, 0.29) is 6.04 Å². The van der Waals surface area contributed by atoms with Crippen molar-refractivity contribution in [3.8, 4) is 0 Å². The molecule has 0 bridgehead atoms. The van der Waals surface area contributed by atoms with Gasteiger partial charge in [-0.3, -0.25) is 0 Å². The standard InChI is InChI=1S/C11H13Cl2NO/c12-9-3-1-2-7(10(9)13)4-11(15)5-8(14)6-11/h1-3,8,15H,4-6,14H2. The first kappa shape index (κ1) is 11.2. The summed E-state index contributed by atoms with van der Waals surface area (Å²) in [5, 5.41) is 11.1. The van der Waals surface area contributed by atoms with Gasteiger partial charge in [-0.1, -0.05) is 35.3 Å². The zero-order chi connectivity index (χ0) is 11.1. The summed E-state index contributed by atoms with van der Waals surface area (Å²) in [4.78, 5) is 0. The van der Waals surface area contributed by atoms with Crippen molar-refractivity contribution in [1.82, 2.24) is 0 Å². The first-order valence-electron chi connectivity index (χ1n) is 4.91. The summed E-state index contributed by atoms with van der Waals surface area (Å²) in [6.45, 7) is 0. The Labute approximate surface area is 99.0 Å². The monoisotopic (exact) mass is 245 g/mol. The molecular weight excluding hydrogens is 233 g/mol. The second-order valence-electron chi connectivity index (χ2n) is 4.28. The van der Waals surface area contributed by atoms with Gasteiger partial charge >= 0.3 is 0 Å². The molecule has 3 N–H and O–H groups in total. The van der Waals surface area contributed by atoms with Crippen molar-refractivity contribution in [1.29, 1.82) is 0 Å². The quantitative estimate of drug-likeness (QED) is 0.841. The van der Waals surface area contributed by atoms with Crippen LogP contribution in [0.5, 0.6) is 0 Å². The van der Waals surface area contributed by atoms with Gasteiger partial charge in [0, 0.05) is 12.5 Å². The number of rotatable bonds is 2. The van der Waals surface area contributed by atoms with E-state index in [1.165, 1.54) is 0 Å². The van der Waals surface area contributed by atoms with E-state index in [2.05, 4.69) is 0 Å². The smallest absolute Gasteiger partial charge is 0.0718 e. The van der Waals surface area contributed by atoms with Crippen molar-refractivity contribution < 1.29 is 5.11 Å². The van der Waals surface area contributed by atoms with Gasteiger partial charge in [-0.05, 0) is 24.5 Å². The van der Waals surface area contributed by atoms with Crippen LogP contribution in [0.1, 0.15) is 18.4 Å². The first-order chi connectivity index (χ1) is 7.00. The van der Waals surface area contributed by atoms with Crippen LogP contribution in [0.2, 0.25) is 10.0 Å². The molecule has 1 aromatic carbocycles. The van der Waals surface area contributed by atoms with Crippen LogP contribution in [0.3, 0.4) is 0 Å². The molecule has 1 saturated carbocycles. The lowest BCUT2D eigenvalue weighted by molar-refractivity contribution is -0.0454. The van der Waals surface area contributed by atoms with E-state index in [1.54, 1.807) is 6.07 Å². The predicted octanol–water partition coefficient (Wildman–Crippen LogP) is 2.39. The topological polar surface area (TPSA) is 46.2 Å². The van der Waals surface area contributed by atoms with Gasteiger partial charge in [0.05, 0.1) is 15.6 Å². The number of hydrogen-bond donors (Lipinski definition) is 2. The van der Waals surface area contributed by atoms with Crippen molar-refractivity contribution in [3.63, 3.8) is 0 Å². The summed E-state index contributed by atoms with van der Waals surface area (Å²) in [6, 6.07) is 5.58. The molecule has 1 aromatic rings. The Balaban J connectivity index is 2.15. The van der Waals surface area contributed by atoms with Crippen LogP contribution in [0.15, 0.2) is 18.2 Å². The molecule has 0 unspecified atom stereocenters. The summed E-state index contributed by atoms with van der Waals surface area (Å²) >= 11 is 11.9.